The second kappa shape index (κ2) is 9.66. The molecule has 0 saturated heterocycles. The first-order valence-electron chi connectivity index (χ1n) is 8.48. The van der Waals surface area contributed by atoms with E-state index < -0.39 is 46.5 Å². The van der Waals surface area contributed by atoms with E-state index in [1.165, 1.54) is 0 Å². The summed E-state index contributed by atoms with van der Waals surface area (Å²) in [6.45, 7) is 0. The van der Waals surface area contributed by atoms with Crippen LogP contribution in [0, 0.1) is 0 Å². The van der Waals surface area contributed by atoms with Crippen molar-refractivity contribution in [3.63, 3.8) is 0 Å². The first-order valence-corrected chi connectivity index (χ1v) is 9.80. The van der Waals surface area contributed by atoms with Crippen LogP contribution in [0.3, 0.4) is 0 Å². The van der Waals surface area contributed by atoms with Crippen molar-refractivity contribution < 1.29 is 32.1 Å². The molecule has 0 fully saturated rings. The van der Waals surface area contributed by atoms with Crippen molar-refractivity contribution >= 4 is 22.6 Å². The molecule has 0 saturated carbocycles. The number of primary amides is 1. The lowest BCUT2D eigenvalue weighted by Gasteiger charge is -2.18. The standard InChI is InChI=1S/C19H19F3N2O4S/c20-19(21,22)13-8-6-12(7-9-13)16(25)18(27)24-15(17(23)26)10-11-29(28)14-4-2-1-3-5-14/h1-9,15-16,25H,10-11H2,(H2,23,26)(H,24,27)/t15-,16-,29+/m1/s1. The minimum Gasteiger partial charge on any atom is -0.378 e. The minimum absolute atomic E-state index is 0.0360. The number of carbonyl (C=O) groups is 2. The highest BCUT2D eigenvalue weighted by Gasteiger charge is 2.31. The summed E-state index contributed by atoms with van der Waals surface area (Å²) in [6.07, 6.45) is -6.38. The van der Waals surface area contributed by atoms with Gasteiger partial charge in [0.1, 0.15) is 6.04 Å². The van der Waals surface area contributed by atoms with Gasteiger partial charge in [-0.15, -0.1) is 0 Å². The molecule has 4 N–H and O–H groups in total. The topological polar surface area (TPSA) is 109 Å². The van der Waals surface area contributed by atoms with Crippen LogP contribution in [0.15, 0.2) is 59.5 Å². The summed E-state index contributed by atoms with van der Waals surface area (Å²) in [7, 11) is -1.42. The highest BCUT2D eigenvalue weighted by atomic mass is 32.2. The molecule has 3 atom stereocenters. The van der Waals surface area contributed by atoms with E-state index in [1.54, 1.807) is 30.3 Å². The molecule has 0 heterocycles. The molecule has 0 aliphatic rings. The van der Waals surface area contributed by atoms with E-state index >= 15 is 0 Å². The molecule has 10 heteroatoms. The zero-order valence-corrected chi connectivity index (χ0v) is 15.9. The minimum atomic E-state index is -4.54. The Bertz CT molecular complexity index is 873. The van der Waals surface area contributed by atoms with Gasteiger partial charge in [-0.05, 0) is 36.2 Å². The second-order valence-corrected chi connectivity index (χ2v) is 7.71. The largest absolute Gasteiger partial charge is 0.416 e. The van der Waals surface area contributed by atoms with E-state index in [2.05, 4.69) is 5.32 Å². The highest BCUT2D eigenvalue weighted by molar-refractivity contribution is 7.85. The molecule has 0 spiro atoms. The molecule has 2 amide bonds. The molecule has 2 aromatic rings. The van der Waals surface area contributed by atoms with Gasteiger partial charge < -0.3 is 16.2 Å². The fourth-order valence-corrected chi connectivity index (χ4v) is 3.60. The first-order chi connectivity index (χ1) is 13.6. The molecule has 2 aromatic carbocycles. The quantitative estimate of drug-likeness (QED) is 0.597. The number of nitrogens with one attached hydrogen (secondary N) is 1. The third-order valence-corrected chi connectivity index (χ3v) is 5.46. The number of rotatable bonds is 8. The van der Waals surface area contributed by atoms with Crippen molar-refractivity contribution in [2.24, 2.45) is 5.73 Å². The molecule has 0 radical (unpaired) electrons. The zero-order chi connectivity index (χ0) is 21.6. The molecule has 0 aliphatic heterocycles. The molecule has 156 valence electrons. The van der Waals surface area contributed by atoms with Gasteiger partial charge in [0.15, 0.2) is 6.10 Å². The Morgan fingerprint density at radius 1 is 1.07 bits per heavy atom. The number of nitrogens with two attached hydrogens (primary N) is 1. The number of alkyl halides is 3. The Kier molecular flexibility index (Phi) is 7.52. The predicted octanol–water partition coefficient (Wildman–Crippen LogP) is 1.91. The van der Waals surface area contributed by atoms with E-state index in [9.17, 15) is 32.1 Å². The second-order valence-electron chi connectivity index (χ2n) is 6.14. The average molecular weight is 428 g/mol. The molecule has 0 bridgehead atoms. The van der Waals surface area contributed by atoms with Crippen LogP contribution in [0.5, 0.6) is 0 Å². The number of benzene rings is 2. The smallest absolute Gasteiger partial charge is 0.378 e. The van der Waals surface area contributed by atoms with Gasteiger partial charge in [0, 0.05) is 10.6 Å². The molecule has 0 aromatic heterocycles. The van der Waals surface area contributed by atoms with Gasteiger partial charge in [0.2, 0.25) is 5.91 Å². The van der Waals surface area contributed by atoms with Gasteiger partial charge >= 0.3 is 6.18 Å². The van der Waals surface area contributed by atoms with Crippen molar-refractivity contribution in [2.45, 2.75) is 29.6 Å². The monoisotopic (exact) mass is 428 g/mol. The summed E-state index contributed by atoms with van der Waals surface area (Å²) in [4.78, 5) is 24.3. The van der Waals surface area contributed by atoms with Crippen LogP contribution >= 0.6 is 0 Å². The molecule has 2 rings (SSSR count). The zero-order valence-electron chi connectivity index (χ0n) is 15.1. The summed E-state index contributed by atoms with van der Waals surface area (Å²) in [5, 5.41) is 12.3. The molecule has 6 nitrogen and oxygen atoms in total. The van der Waals surface area contributed by atoms with Gasteiger partial charge in [-0.2, -0.15) is 13.2 Å². The summed E-state index contributed by atoms with van der Waals surface area (Å²) >= 11 is 0. The Hall–Kier alpha value is -2.72. The first kappa shape index (κ1) is 22.6. The van der Waals surface area contributed by atoms with Crippen LogP contribution in [-0.2, 0) is 26.6 Å². The average Bonchev–Trinajstić information content (AvgIpc) is 2.70. The number of carbonyl (C=O) groups excluding carboxylic acids is 2. The Labute approximate surface area is 167 Å². The van der Waals surface area contributed by atoms with Gasteiger partial charge in [0.05, 0.1) is 16.4 Å². The SMILES string of the molecule is NC(=O)[C@@H](CC[S@](=O)c1ccccc1)NC(=O)[C@H](O)c1ccc(C(F)(F)F)cc1. The maximum atomic E-state index is 12.6. The fraction of sp³-hybridized carbons (Fsp3) is 0.263. The van der Waals surface area contributed by atoms with E-state index in [1.807, 2.05) is 0 Å². The van der Waals surface area contributed by atoms with Crippen LogP contribution in [0.25, 0.3) is 0 Å². The van der Waals surface area contributed by atoms with E-state index in [0.717, 1.165) is 24.3 Å². The van der Waals surface area contributed by atoms with E-state index in [0.29, 0.717) is 4.90 Å². The van der Waals surface area contributed by atoms with Gasteiger partial charge in [-0.25, -0.2) is 0 Å². The van der Waals surface area contributed by atoms with Gasteiger partial charge in [-0.3, -0.25) is 13.8 Å². The summed E-state index contributed by atoms with van der Waals surface area (Å²) in [5.41, 5.74) is 4.26. The van der Waals surface area contributed by atoms with Crippen molar-refractivity contribution in [2.75, 3.05) is 5.75 Å². The lowest BCUT2D eigenvalue weighted by Crippen LogP contribution is -2.46. The number of hydrogen-bond acceptors (Lipinski definition) is 4. The van der Waals surface area contributed by atoms with Crippen LogP contribution < -0.4 is 11.1 Å². The van der Waals surface area contributed by atoms with Crippen LogP contribution in [-0.4, -0.2) is 32.9 Å². The Balaban J connectivity index is 1.99. The number of amides is 2. The molecule has 0 aliphatic carbocycles. The van der Waals surface area contributed by atoms with Crippen molar-refractivity contribution in [1.29, 1.82) is 0 Å². The number of aliphatic hydroxyl groups is 1. The van der Waals surface area contributed by atoms with E-state index in [-0.39, 0.29) is 17.7 Å². The van der Waals surface area contributed by atoms with Crippen molar-refractivity contribution in [1.82, 2.24) is 5.32 Å². The molecule has 29 heavy (non-hydrogen) atoms. The van der Waals surface area contributed by atoms with Crippen LogP contribution in [0.4, 0.5) is 13.2 Å². The predicted molar refractivity (Wildman–Crippen MR) is 99.9 cm³/mol. The summed E-state index contributed by atoms with van der Waals surface area (Å²) in [6, 6.07) is 10.7. The summed E-state index contributed by atoms with van der Waals surface area (Å²) < 4.78 is 50.0. The van der Waals surface area contributed by atoms with E-state index in [4.69, 9.17) is 5.73 Å². The molecular formula is C19H19F3N2O4S. The summed E-state index contributed by atoms with van der Waals surface area (Å²) in [5.74, 6) is -1.85. The third-order valence-electron chi connectivity index (χ3n) is 4.06. The van der Waals surface area contributed by atoms with Crippen molar-refractivity contribution in [3.05, 3.63) is 65.7 Å². The van der Waals surface area contributed by atoms with Crippen molar-refractivity contribution in [3.8, 4) is 0 Å². The highest BCUT2D eigenvalue weighted by Crippen LogP contribution is 2.30. The lowest BCUT2D eigenvalue weighted by atomic mass is 10.1. The maximum absolute atomic E-state index is 12.6. The third kappa shape index (κ3) is 6.40. The number of hydrogen-bond donors (Lipinski definition) is 3. The Morgan fingerprint density at radius 3 is 2.17 bits per heavy atom. The Morgan fingerprint density at radius 2 is 1.66 bits per heavy atom. The number of halogens is 3. The normalized spacial score (nSPS) is 14.6. The molecular weight excluding hydrogens is 409 g/mol. The maximum Gasteiger partial charge on any atom is 0.416 e. The fourth-order valence-electron chi connectivity index (χ4n) is 2.46. The van der Waals surface area contributed by atoms with Crippen LogP contribution in [0.1, 0.15) is 23.7 Å². The number of aliphatic hydroxyl groups excluding tert-OH is 1. The van der Waals surface area contributed by atoms with Gasteiger partial charge in [0.25, 0.3) is 5.91 Å². The molecule has 0 unspecified atom stereocenters. The van der Waals surface area contributed by atoms with Gasteiger partial charge in [-0.1, -0.05) is 30.3 Å². The lowest BCUT2D eigenvalue weighted by molar-refractivity contribution is -0.137. The van der Waals surface area contributed by atoms with Crippen LogP contribution in [0.2, 0.25) is 0 Å².